The molecule has 5 heteroatoms. The van der Waals surface area contributed by atoms with E-state index >= 15 is 0 Å². The average molecular weight is 343 g/mol. The third-order valence-corrected chi connectivity index (χ3v) is 4.48. The summed E-state index contributed by atoms with van der Waals surface area (Å²) < 4.78 is 5.09. The number of ketones is 1. The van der Waals surface area contributed by atoms with Crippen LogP contribution in [-0.4, -0.2) is 29.4 Å². The normalized spacial score (nSPS) is 13.3. The molecule has 0 radical (unpaired) electrons. The van der Waals surface area contributed by atoms with Gasteiger partial charge in [-0.15, -0.1) is 0 Å². The Labute approximate surface area is 148 Å². The van der Waals surface area contributed by atoms with Gasteiger partial charge in [0.05, 0.1) is 17.9 Å². The molecule has 2 rings (SSSR count). The maximum absolute atomic E-state index is 12.9. The second kappa shape index (κ2) is 8.12. The van der Waals surface area contributed by atoms with Crippen LogP contribution in [0.25, 0.3) is 0 Å². The first kappa shape index (κ1) is 18.9. The van der Waals surface area contributed by atoms with Crippen LogP contribution in [0.3, 0.4) is 0 Å². The lowest BCUT2D eigenvalue weighted by molar-refractivity contribution is -0.709. The molecule has 0 spiro atoms. The second-order valence-electron chi connectivity index (χ2n) is 6.39. The molecular weight excluding hydrogens is 316 g/mol. The summed E-state index contributed by atoms with van der Waals surface area (Å²) in [6.07, 6.45) is 0. The van der Waals surface area contributed by atoms with Crippen molar-refractivity contribution in [3.05, 3.63) is 58.4 Å². The zero-order chi connectivity index (χ0) is 18.6. The number of aromatic nitrogens is 1. The van der Waals surface area contributed by atoms with Crippen LogP contribution >= 0.6 is 0 Å². The van der Waals surface area contributed by atoms with Crippen molar-refractivity contribution in [2.75, 3.05) is 6.61 Å². The van der Waals surface area contributed by atoms with E-state index in [9.17, 15) is 9.59 Å². The maximum atomic E-state index is 12.9. The average Bonchev–Trinajstić information content (AvgIpc) is 2.89. The summed E-state index contributed by atoms with van der Waals surface area (Å²) in [5.74, 6) is -0.402. The van der Waals surface area contributed by atoms with Gasteiger partial charge in [0.1, 0.15) is 12.1 Å². The number of benzene rings is 1. The molecule has 0 aliphatic heterocycles. The lowest BCUT2D eigenvalue weighted by atomic mass is 10.0. The molecule has 3 N–H and O–H groups in total. The fourth-order valence-electron chi connectivity index (χ4n) is 3.12. The molecule has 0 fully saturated rings. The number of quaternary nitrogens is 1. The highest BCUT2D eigenvalue weighted by molar-refractivity contribution is 6.03. The molecule has 25 heavy (non-hydrogen) atoms. The maximum Gasteiger partial charge on any atom is 0.340 e. The SMILES string of the molecule is CCOC(=O)c1c(C)[nH]c(C(=O)[C@H](C)[NH2+][C@H](C)c2ccccc2)c1C. The van der Waals surface area contributed by atoms with Crippen molar-refractivity contribution in [2.24, 2.45) is 0 Å². The molecule has 0 saturated heterocycles. The van der Waals surface area contributed by atoms with E-state index in [1.807, 2.05) is 30.4 Å². The summed E-state index contributed by atoms with van der Waals surface area (Å²) in [7, 11) is 0. The number of aryl methyl sites for hydroxylation is 1. The predicted molar refractivity (Wildman–Crippen MR) is 96.8 cm³/mol. The zero-order valence-electron chi connectivity index (χ0n) is 15.6. The topological polar surface area (TPSA) is 75.8 Å². The van der Waals surface area contributed by atoms with Crippen LogP contribution in [-0.2, 0) is 4.74 Å². The van der Waals surface area contributed by atoms with E-state index in [4.69, 9.17) is 4.74 Å². The summed E-state index contributed by atoms with van der Waals surface area (Å²) in [6, 6.07) is 9.99. The molecule has 0 amide bonds. The van der Waals surface area contributed by atoms with E-state index in [-0.39, 0.29) is 23.8 Å². The van der Waals surface area contributed by atoms with Crippen molar-refractivity contribution in [2.45, 2.75) is 46.7 Å². The Morgan fingerprint density at radius 1 is 1.16 bits per heavy atom. The van der Waals surface area contributed by atoms with E-state index in [0.717, 1.165) is 0 Å². The Kier molecular flexibility index (Phi) is 6.15. The third-order valence-electron chi connectivity index (χ3n) is 4.48. The number of aromatic amines is 1. The minimum Gasteiger partial charge on any atom is -0.462 e. The number of carbonyl (C=O) groups excluding carboxylic acids is 2. The molecule has 0 bridgehead atoms. The molecule has 1 aromatic carbocycles. The molecular formula is C20H27N2O3+. The van der Waals surface area contributed by atoms with Gasteiger partial charge in [0.25, 0.3) is 0 Å². The van der Waals surface area contributed by atoms with Gasteiger partial charge in [-0.05, 0) is 40.2 Å². The van der Waals surface area contributed by atoms with Crippen LogP contribution in [0, 0.1) is 13.8 Å². The number of ether oxygens (including phenoxy) is 1. The van der Waals surface area contributed by atoms with Crippen LogP contribution in [0.5, 0.6) is 0 Å². The van der Waals surface area contributed by atoms with Gasteiger partial charge in [-0.3, -0.25) is 4.79 Å². The van der Waals surface area contributed by atoms with Crippen LogP contribution < -0.4 is 5.32 Å². The summed E-state index contributed by atoms with van der Waals surface area (Å²) in [5.41, 5.74) is 3.46. The van der Waals surface area contributed by atoms with Gasteiger partial charge in [0.2, 0.25) is 5.78 Å². The minimum atomic E-state index is -0.387. The largest absolute Gasteiger partial charge is 0.462 e. The van der Waals surface area contributed by atoms with Gasteiger partial charge in [-0.25, -0.2) is 4.79 Å². The molecule has 0 aliphatic carbocycles. The molecule has 0 unspecified atom stereocenters. The minimum absolute atomic E-state index is 0.0149. The number of hydrogen-bond acceptors (Lipinski definition) is 3. The molecule has 1 heterocycles. The number of H-pyrrole nitrogens is 1. The summed E-state index contributed by atoms with van der Waals surface area (Å²) in [5, 5.41) is 2.04. The van der Waals surface area contributed by atoms with Gasteiger partial charge in [-0.1, -0.05) is 30.3 Å². The molecule has 1 aromatic heterocycles. The van der Waals surface area contributed by atoms with E-state index in [2.05, 4.69) is 24.0 Å². The van der Waals surface area contributed by atoms with Crippen molar-refractivity contribution < 1.29 is 19.6 Å². The third kappa shape index (κ3) is 4.17. The van der Waals surface area contributed by atoms with E-state index in [1.54, 1.807) is 20.8 Å². The Hall–Kier alpha value is -2.40. The number of Topliss-reactive ketones (excluding diaryl/α,β-unsaturated/α-hetero) is 1. The number of nitrogens with two attached hydrogens (primary N) is 1. The molecule has 0 aliphatic rings. The first-order chi connectivity index (χ1) is 11.9. The van der Waals surface area contributed by atoms with Crippen LogP contribution in [0.2, 0.25) is 0 Å². The first-order valence-corrected chi connectivity index (χ1v) is 8.67. The van der Waals surface area contributed by atoms with Crippen LogP contribution in [0.4, 0.5) is 0 Å². The standard InChI is InChI=1S/C20H26N2O3/c1-6-25-20(24)17-12(2)18(22-14(17)4)19(23)15(5)21-13(3)16-10-8-7-9-11-16/h7-11,13,15,21-22H,6H2,1-5H3/p+1/t13-,15+/m1/s1. The van der Waals surface area contributed by atoms with Gasteiger partial charge in [0.15, 0.2) is 0 Å². The smallest absolute Gasteiger partial charge is 0.340 e. The second-order valence-corrected chi connectivity index (χ2v) is 6.39. The van der Waals surface area contributed by atoms with Crippen LogP contribution in [0.1, 0.15) is 64.5 Å². The lowest BCUT2D eigenvalue weighted by Gasteiger charge is -2.16. The van der Waals surface area contributed by atoms with Crippen molar-refractivity contribution in [3.63, 3.8) is 0 Å². The van der Waals surface area contributed by atoms with Gasteiger partial charge in [0, 0.05) is 11.3 Å². The summed E-state index contributed by atoms with van der Waals surface area (Å²) in [4.78, 5) is 28.0. The summed E-state index contributed by atoms with van der Waals surface area (Å²) >= 11 is 0. The lowest BCUT2D eigenvalue weighted by Crippen LogP contribution is -2.91. The van der Waals surface area contributed by atoms with E-state index in [0.29, 0.717) is 29.1 Å². The van der Waals surface area contributed by atoms with Crippen molar-refractivity contribution in [1.82, 2.24) is 4.98 Å². The van der Waals surface area contributed by atoms with Crippen LogP contribution in [0.15, 0.2) is 30.3 Å². The highest BCUT2D eigenvalue weighted by atomic mass is 16.5. The van der Waals surface area contributed by atoms with Gasteiger partial charge < -0.3 is 15.0 Å². The van der Waals surface area contributed by atoms with Crippen molar-refractivity contribution >= 4 is 11.8 Å². The Balaban J connectivity index is 2.17. The Bertz CT molecular complexity index is 750. The molecule has 2 aromatic rings. The highest BCUT2D eigenvalue weighted by Gasteiger charge is 2.28. The Morgan fingerprint density at radius 3 is 2.40 bits per heavy atom. The highest BCUT2D eigenvalue weighted by Crippen LogP contribution is 2.20. The number of esters is 1. The molecule has 5 nitrogen and oxygen atoms in total. The number of nitrogens with one attached hydrogen (secondary N) is 1. The number of carbonyl (C=O) groups is 2. The first-order valence-electron chi connectivity index (χ1n) is 8.67. The van der Waals surface area contributed by atoms with E-state index < -0.39 is 0 Å². The van der Waals surface area contributed by atoms with Crippen molar-refractivity contribution in [1.29, 1.82) is 0 Å². The Morgan fingerprint density at radius 2 is 1.80 bits per heavy atom. The molecule has 0 saturated carbocycles. The zero-order valence-corrected chi connectivity index (χ0v) is 15.6. The number of rotatable bonds is 7. The van der Waals surface area contributed by atoms with Crippen molar-refractivity contribution in [3.8, 4) is 0 Å². The fourth-order valence-corrected chi connectivity index (χ4v) is 3.12. The molecule has 134 valence electrons. The van der Waals surface area contributed by atoms with Gasteiger partial charge >= 0.3 is 5.97 Å². The van der Waals surface area contributed by atoms with Gasteiger partial charge in [-0.2, -0.15) is 0 Å². The fraction of sp³-hybridized carbons (Fsp3) is 0.400. The molecule has 2 atom stereocenters. The predicted octanol–water partition coefficient (Wildman–Crippen LogP) is 2.70. The number of hydrogen-bond donors (Lipinski definition) is 2. The monoisotopic (exact) mass is 343 g/mol. The quantitative estimate of drug-likeness (QED) is 0.599. The van der Waals surface area contributed by atoms with E-state index in [1.165, 1.54) is 5.56 Å². The summed E-state index contributed by atoms with van der Waals surface area (Å²) in [6.45, 7) is 9.62.